The first-order chi connectivity index (χ1) is 19.0. The van der Waals surface area contributed by atoms with Crippen LogP contribution in [0.25, 0.3) is 0 Å². The van der Waals surface area contributed by atoms with E-state index in [0.717, 1.165) is 68.6 Å². The summed E-state index contributed by atoms with van der Waals surface area (Å²) < 4.78 is 0. The molecule has 0 aliphatic carbocycles. The zero-order valence-corrected chi connectivity index (χ0v) is 24.9. The van der Waals surface area contributed by atoms with Crippen LogP contribution in [0.1, 0.15) is 59.6 Å². The average molecular weight is 597 g/mol. The van der Waals surface area contributed by atoms with Gasteiger partial charge in [-0.05, 0) is 74.4 Å². The van der Waals surface area contributed by atoms with Crippen LogP contribution < -0.4 is 5.32 Å². The number of benzene rings is 3. The summed E-state index contributed by atoms with van der Waals surface area (Å²) in [5.41, 5.74) is 2.44. The molecule has 3 aromatic rings. The minimum atomic E-state index is -0.494. The summed E-state index contributed by atoms with van der Waals surface area (Å²) in [7, 11) is 0. The van der Waals surface area contributed by atoms with Crippen LogP contribution in [0.4, 0.5) is 0 Å². The van der Waals surface area contributed by atoms with Crippen molar-refractivity contribution >= 4 is 41.4 Å². The van der Waals surface area contributed by atoms with Gasteiger partial charge in [-0.1, -0.05) is 89.9 Å². The molecule has 2 heterocycles. The largest absolute Gasteiger partial charge is 0.316 e. The van der Waals surface area contributed by atoms with Crippen molar-refractivity contribution < 1.29 is 4.79 Å². The third kappa shape index (κ3) is 6.73. The van der Waals surface area contributed by atoms with E-state index in [0.29, 0.717) is 16.5 Å². The lowest BCUT2D eigenvalue weighted by Crippen LogP contribution is -2.45. The third-order valence-electron chi connectivity index (χ3n) is 8.74. The Hall–Kier alpha value is -2.39. The highest BCUT2D eigenvalue weighted by atomic mass is 35.5. The molecule has 5 rings (SSSR count). The van der Waals surface area contributed by atoms with Gasteiger partial charge < -0.3 is 5.32 Å². The van der Waals surface area contributed by atoms with Crippen LogP contribution in [0, 0.1) is 23.2 Å². The van der Waals surface area contributed by atoms with Crippen LogP contribution in [0.15, 0.2) is 78.9 Å². The van der Waals surface area contributed by atoms with Crippen LogP contribution in [0.5, 0.6) is 0 Å². The molecular weight excluding hydrogens is 561 g/mol. The number of nitrogens with zero attached hydrogens (tertiary/aromatic N) is 2. The lowest BCUT2D eigenvalue weighted by Gasteiger charge is -2.43. The van der Waals surface area contributed by atoms with Gasteiger partial charge in [0.25, 0.3) is 0 Å². The van der Waals surface area contributed by atoms with Crippen molar-refractivity contribution in [1.29, 1.82) is 5.26 Å². The van der Waals surface area contributed by atoms with E-state index in [1.807, 2.05) is 66.7 Å². The molecule has 0 aromatic heterocycles. The van der Waals surface area contributed by atoms with Gasteiger partial charge in [0.05, 0.1) is 21.5 Å². The Morgan fingerprint density at radius 1 is 1.00 bits per heavy atom. The maximum Gasteiger partial charge on any atom is 0.166 e. The average Bonchev–Trinajstić information content (AvgIpc) is 3.00. The Morgan fingerprint density at radius 2 is 1.68 bits per heavy atom. The second kappa shape index (κ2) is 14.0. The van der Waals surface area contributed by atoms with Gasteiger partial charge in [-0.2, -0.15) is 5.26 Å². The van der Waals surface area contributed by atoms with E-state index < -0.39 is 5.41 Å². The summed E-state index contributed by atoms with van der Waals surface area (Å²) in [5.74, 6) is 0.350. The van der Waals surface area contributed by atoms with E-state index >= 15 is 0 Å². The topological polar surface area (TPSA) is 56.1 Å². The number of ketones is 1. The molecule has 4 nitrogen and oxygen atoms in total. The smallest absolute Gasteiger partial charge is 0.166 e. The van der Waals surface area contributed by atoms with Gasteiger partial charge in [0.2, 0.25) is 0 Å². The second-order valence-corrected chi connectivity index (χ2v) is 11.8. The SMILES string of the molecule is Cl.N#CC1(c2ccccc2)CCN(C(CC(C(=O)c2ccccc2)C2CCCNC2)c2ccc(Cl)c(Cl)c2)CC1. The number of carbonyl (C=O) groups is 1. The Kier molecular flexibility index (Phi) is 10.7. The molecule has 0 spiro atoms. The van der Waals surface area contributed by atoms with Crippen LogP contribution in [0.3, 0.4) is 0 Å². The third-order valence-corrected chi connectivity index (χ3v) is 9.48. The molecule has 0 radical (unpaired) electrons. The highest BCUT2D eigenvalue weighted by molar-refractivity contribution is 6.42. The molecule has 2 fully saturated rings. The first-order valence-electron chi connectivity index (χ1n) is 14.0. The zero-order chi connectivity index (χ0) is 27.2. The van der Waals surface area contributed by atoms with Crippen LogP contribution in [-0.4, -0.2) is 36.9 Å². The van der Waals surface area contributed by atoms with Crippen LogP contribution >= 0.6 is 35.6 Å². The molecule has 7 heteroatoms. The number of hydrogen-bond acceptors (Lipinski definition) is 4. The van der Waals surface area contributed by atoms with E-state index in [1.165, 1.54) is 0 Å². The molecule has 0 saturated carbocycles. The molecular formula is C33H36Cl3N3O. The summed E-state index contributed by atoms with van der Waals surface area (Å²) in [4.78, 5) is 16.5. The van der Waals surface area contributed by atoms with E-state index in [9.17, 15) is 10.1 Å². The normalized spacial score (nSPS) is 20.5. The molecule has 3 atom stereocenters. The molecule has 0 bridgehead atoms. The molecule has 2 aliphatic rings. The first-order valence-corrected chi connectivity index (χ1v) is 14.7. The van der Waals surface area contributed by atoms with Crippen LogP contribution in [0.2, 0.25) is 10.0 Å². The highest BCUT2D eigenvalue weighted by Crippen LogP contribution is 2.42. The molecule has 0 amide bonds. The van der Waals surface area contributed by atoms with Crippen molar-refractivity contribution in [1.82, 2.24) is 10.2 Å². The monoisotopic (exact) mass is 595 g/mol. The minimum absolute atomic E-state index is 0. The highest BCUT2D eigenvalue weighted by Gasteiger charge is 2.40. The summed E-state index contributed by atoms with van der Waals surface area (Å²) >= 11 is 12.8. The number of Topliss-reactive ketones (excluding diaryl/α,β-unsaturated/α-hetero) is 1. The summed E-state index contributed by atoms with van der Waals surface area (Å²) in [6, 6.07) is 28.4. The van der Waals surface area contributed by atoms with Crippen molar-refractivity contribution in [3.05, 3.63) is 106 Å². The first kappa shape index (κ1) is 30.6. The lowest BCUT2D eigenvalue weighted by molar-refractivity contribution is 0.0718. The second-order valence-electron chi connectivity index (χ2n) is 11.0. The predicted molar refractivity (Wildman–Crippen MR) is 165 cm³/mol. The molecule has 3 unspecified atom stereocenters. The number of carbonyl (C=O) groups excluding carboxylic acids is 1. The molecule has 210 valence electrons. The Bertz CT molecular complexity index is 1300. The number of nitrogens with one attached hydrogen (secondary N) is 1. The molecule has 2 aliphatic heterocycles. The Labute approximate surface area is 254 Å². The fourth-order valence-corrected chi connectivity index (χ4v) is 6.75. The van der Waals surface area contributed by atoms with Crippen molar-refractivity contribution in [2.45, 2.75) is 43.6 Å². The van der Waals surface area contributed by atoms with Crippen molar-refractivity contribution in [2.24, 2.45) is 11.8 Å². The number of rotatable bonds is 8. The maximum absolute atomic E-state index is 14.0. The molecule has 2 saturated heterocycles. The number of hydrogen-bond donors (Lipinski definition) is 1. The van der Waals surface area contributed by atoms with E-state index in [4.69, 9.17) is 23.2 Å². The number of halogens is 3. The van der Waals surface area contributed by atoms with Gasteiger partial charge in [0, 0.05) is 30.6 Å². The fourth-order valence-electron chi connectivity index (χ4n) is 6.45. The predicted octanol–water partition coefficient (Wildman–Crippen LogP) is 7.90. The van der Waals surface area contributed by atoms with E-state index in [1.54, 1.807) is 0 Å². The zero-order valence-electron chi connectivity index (χ0n) is 22.6. The quantitative estimate of drug-likeness (QED) is 0.269. The molecule has 3 aromatic carbocycles. The van der Waals surface area contributed by atoms with Crippen molar-refractivity contribution in [3.63, 3.8) is 0 Å². The maximum atomic E-state index is 14.0. The summed E-state index contributed by atoms with van der Waals surface area (Å²) in [5, 5.41) is 14.8. The molecule has 1 N–H and O–H groups in total. The van der Waals surface area contributed by atoms with Gasteiger partial charge in [-0.15, -0.1) is 12.4 Å². The van der Waals surface area contributed by atoms with Gasteiger partial charge >= 0.3 is 0 Å². The van der Waals surface area contributed by atoms with Gasteiger partial charge in [0.1, 0.15) is 0 Å². The lowest BCUT2D eigenvalue weighted by atomic mass is 9.72. The van der Waals surface area contributed by atoms with Crippen molar-refractivity contribution in [2.75, 3.05) is 26.2 Å². The summed E-state index contributed by atoms with van der Waals surface area (Å²) in [6.07, 6.45) is 4.30. The molecule has 40 heavy (non-hydrogen) atoms. The fraction of sp³-hybridized carbons (Fsp3) is 0.394. The number of likely N-dealkylation sites (tertiary alicyclic amines) is 1. The summed E-state index contributed by atoms with van der Waals surface area (Å²) in [6.45, 7) is 3.38. The van der Waals surface area contributed by atoms with Gasteiger partial charge in [-0.25, -0.2) is 0 Å². The van der Waals surface area contributed by atoms with Crippen LogP contribution in [-0.2, 0) is 5.41 Å². The standard InChI is InChI=1S/C33H35Cl2N3O.ClH/c34-29-14-13-25(20-30(29)35)31(38-18-15-33(23-36,16-19-38)27-11-5-2-6-12-27)21-28(26-10-7-17-37-22-26)32(39)24-8-3-1-4-9-24;/h1-6,8-9,11-14,20,26,28,31,37H,7,10,15-19,21-22H2;1H. The van der Waals surface area contributed by atoms with E-state index in [-0.39, 0.29) is 36.1 Å². The number of nitriles is 1. The Balaban J connectivity index is 0.00000370. The van der Waals surface area contributed by atoms with Gasteiger partial charge in [-0.3, -0.25) is 9.69 Å². The van der Waals surface area contributed by atoms with Gasteiger partial charge in [0.15, 0.2) is 5.78 Å². The minimum Gasteiger partial charge on any atom is -0.316 e. The number of piperidine rings is 2. The van der Waals surface area contributed by atoms with E-state index in [2.05, 4.69) is 28.4 Å². The Morgan fingerprint density at radius 3 is 2.27 bits per heavy atom. The van der Waals surface area contributed by atoms with Crippen molar-refractivity contribution in [3.8, 4) is 6.07 Å².